The minimum atomic E-state index is -1.34. The molecular weight excluding hydrogens is 236 g/mol. The quantitative estimate of drug-likeness (QED) is 0.600. The van der Waals surface area contributed by atoms with Crippen LogP contribution in [-0.4, -0.2) is 27.5 Å². The highest BCUT2D eigenvalue weighted by molar-refractivity contribution is 5.69. The molecule has 0 amide bonds. The lowest BCUT2D eigenvalue weighted by molar-refractivity contribution is -0.423. The molecule has 0 aliphatic carbocycles. The number of carboxylic acid groups (broad SMARTS) is 1. The van der Waals surface area contributed by atoms with Gasteiger partial charge in [0.25, 0.3) is 0 Å². The zero-order valence-electron chi connectivity index (χ0n) is 8.23. The van der Waals surface area contributed by atoms with Crippen LogP contribution in [-0.2, 0) is 4.79 Å². The number of carbonyl (C=O) groups is 1. The summed E-state index contributed by atoms with van der Waals surface area (Å²) in [7, 11) is 0. The predicted octanol–water partition coefficient (Wildman–Crippen LogP) is 0.966. The average molecular weight is 242 g/mol. The van der Waals surface area contributed by atoms with Crippen LogP contribution in [0.4, 0.5) is 11.4 Å². The zero-order chi connectivity index (χ0) is 13.0. The van der Waals surface area contributed by atoms with Crippen molar-refractivity contribution < 1.29 is 24.5 Å². The Morgan fingerprint density at radius 3 is 2.41 bits per heavy atom. The Hall–Kier alpha value is -2.71. The first-order valence-electron chi connectivity index (χ1n) is 4.20. The first-order valence-corrected chi connectivity index (χ1v) is 4.20. The number of nitro benzene ring substituents is 2. The topological polar surface area (TPSA) is 133 Å². The summed E-state index contributed by atoms with van der Waals surface area (Å²) >= 11 is 0. The van der Waals surface area contributed by atoms with Crippen LogP contribution in [0.1, 0.15) is 0 Å². The van der Waals surface area contributed by atoms with Gasteiger partial charge >= 0.3 is 17.3 Å². The van der Waals surface area contributed by atoms with Crippen molar-refractivity contribution in [3.05, 3.63) is 38.4 Å². The van der Waals surface area contributed by atoms with Crippen LogP contribution in [0.3, 0.4) is 0 Å². The molecule has 1 rings (SSSR count). The summed E-state index contributed by atoms with van der Waals surface area (Å²) < 4.78 is 4.61. The van der Waals surface area contributed by atoms with E-state index in [0.29, 0.717) is 0 Å². The van der Waals surface area contributed by atoms with Gasteiger partial charge in [-0.25, -0.2) is 4.79 Å². The number of benzene rings is 1. The summed E-state index contributed by atoms with van der Waals surface area (Å²) in [6.07, 6.45) is 0. The number of carboxylic acids is 1. The third-order valence-corrected chi connectivity index (χ3v) is 1.71. The second-order valence-electron chi connectivity index (χ2n) is 2.82. The van der Waals surface area contributed by atoms with E-state index in [9.17, 15) is 25.0 Å². The summed E-state index contributed by atoms with van der Waals surface area (Å²) in [5, 5.41) is 29.6. The number of hydrogen-bond acceptors (Lipinski definition) is 6. The molecule has 17 heavy (non-hydrogen) atoms. The van der Waals surface area contributed by atoms with Crippen molar-refractivity contribution in [2.75, 3.05) is 6.61 Å². The Morgan fingerprint density at radius 1 is 1.29 bits per heavy atom. The summed E-state index contributed by atoms with van der Waals surface area (Å²) in [6, 6.07) is 3.20. The molecule has 1 aromatic carbocycles. The van der Waals surface area contributed by atoms with Gasteiger partial charge in [-0.1, -0.05) is 6.07 Å². The molecule has 0 saturated heterocycles. The fourth-order valence-electron chi connectivity index (χ4n) is 1.10. The second-order valence-corrected chi connectivity index (χ2v) is 2.82. The smallest absolute Gasteiger partial charge is 0.387 e. The van der Waals surface area contributed by atoms with Crippen LogP contribution in [0.15, 0.2) is 18.2 Å². The van der Waals surface area contributed by atoms with Crippen LogP contribution in [0.5, 0.6) is 5.75 Å². The number of nitro groups is 2. The van der Waals surface area contributed by atoms with E-state index in [0.717, 1.165) is 12.1 Å². The Kier molecular flexibility index (Phi) is 3.55. The molecule has 90 valence electrons. The minimum absolute atomic E-state index is 0.452. The van der Waals surface area contributed by atoms with Crippen LogP contribution in [0, 0.1) is 20.2 Å². The van der Waals surface area contributed by atoms with E-state index in [2.05, 4.69) is 4.74 Å². The average Bonchev–Trinajstić information content (AvgIpc) is 2.25. The molecule has 0 fully saturated rings. The van der Waals surface area contributed by atoms with Gasteiger partial charge in [-0.15, -0.1) is 0 Å². The Labute approximate surface area is 93.5 Å². The van der Waals surface area contributed by atoms with Gasteiger partial charge in [0.1, 0.15) is 0 Å². The molecule has 1 aromatic rings. The maximum absolute atomic E-state index is 10.7. The molecule has 9 heteroatoms. The molecule has 9 nitrogen and oxygen atoms in total. The van der Waals surface area contributed by atoms with Gasteiger partial charge in [0.05, 0.1) is 9.85 Å². The Morgan fingerprint density at radius 2 is 1.94 bits per heavy atom. The molecule has 1 N–H and O–H groups in total. The first-order chi connectivity index (χ1) is 7.93. The Balaban J connectivity index is 3.20. The number of aliphatic carboxylic acids is 1. The zero-order valence-corrected chi connectivity index (χ0v) is 8.23. The maximum atomic E-state index is 10.7. The highest BCUT2D eigenvalue weighted by Gasteiger charge is 2.29. The molecule has 0 aromatic heterocycles. The lowest BCUT2D eigenvalue weighted by Crippen LogP contribution is -2.11. The summed E-state index contributed by atoms with van der Waals surface area (Å²) in [4.78, 5) is 29.5. The second kappa shape index (κ2) is 4.88. The fourth-order valence-corrected chi connectivity index (χ4v) is 1.10. The maximum Gasteiger partial charge on any atom is 0.387 e. The highest BCUT2D eigenvalue weighted by Crippen LogP contribution is 2.35. The lowest BCUT2D eigenvalue weighted by Gasteiger charge is -2.03. The number of nitrogens with zero attached hydrogens (tertiary/aromatic N) is 2. The fraction of sp³-hybridized carbons (Fsp3) is 0.125. The van der Waals surface area contributed by atoms with Gasteiger partial charge in [0, 0.05) is 6.07 Å². The molecule has 0 spiro atoms. The van der Waals surface area contributed by atoms with E-state index in [1.165, 1.54) is 6.07 Å². The van der Waals surface area contributed by atoms with Crippen LogP contribution in [0.25, 0.3) is 0 Å². The van der Waals surface area contributed by atoms with Crippen molar-refractivity contribution in [1.29, 1.82) is 0 Å². The van der Waals surface area contributed by atoms with Crippen molar-refractivity contribution in [1.82, 2.24) is 0 Å². The number of rotatable bonds is 5. The normalized spacial score (nSPS) is 9.65. The number of ether oxygens (including phenoxy) is 1. The first kappa shape index (κ1) is 12.4. The molecule has 0 aliphatic heterocycles. The number of para-hydroxylation sites is 1. The van der Waals surface area contributed by atoms with Gasteiger partial charge in [0.2, 0.25) is 5.75 Å². The summed E-state index contributed by atoms with van der Waals surface area (Å²) in [6.45, 7) is -0.817. The highest BCUT2D eigenvalue weighted by atomic mass is 16.6. The van der Waals surface area contributed by atoms with Crippen molar-refractivity contribution >= 4 is 17.3 Å². The molecule has 0 bridgehead atoms. The van der Waals surface area contributed by atoms with Crippen LogP contribution >= 0.6 is 0 Å². The molecule has 0 unspecified atom stereocenters. The largest absolute Gasteiger partial charge is 0.479 e. The van der Waals surface area contributed by atoms with Gasteiger partial charge in [-0.3, -0.25) is 20.2 Å². The lowest BCUT2D eigenvalue weighted by atomic mass is 10.2. The monoisotopic (exact) mass is 242 g/mol. The molecule has 0 aliphatic rings. The SMILES string of the molecule is O=C(O)COc1cccc([N+](=O)[O-])c1[N+](=O)[O-]. The van der Waals surface area contributed by atoms with Crippen molar-refractivity contribution in [3.63, 3.8) is 0 Å². The third kappa shape index (κ3) is 2.87. The molecule has 0 radical (unpaired) electrons. The minimum Gasteiger partial charge on any atom is -0.479 e. The van der Waals surface area contributed by atoms with E-state index in [1.807, 2.05) is 0 Å². The van der Waals surface area contributed by atoms with Gasteiger partial charge in [-0.05, 0) is 6.07 Å². The Bertz CT molecular complexity index is 485. The van der Waals surface area contributed by atoms with Crippen molar-refractivity contribution in [2.24, 2.45) is 0 Å². The van der Waals surface area contributed by atoms with E-state index in [1.54, 1.807) is 0 Å². The van der Waals surface area contributed by atoms with Crippen molar-refractivity contribution in [3.8, 4) is 5.75 Å². The van der Waals surface area contributed by atoms with Crippen LogP contribution < -0.4 is 4.74 Å². The van der Waals surface area contributed by atoms with E-state index in [4.69, 9.17) is 5.11 Å². The number of hydrogen-bond donors (Lipinski definition) is 1. The van der Waals surface area contributed by atoms with Crippen LogP contribution in [0.2, 0.25) is 0 Å². The predicted molar refractivity (Wildman–Crippen MR) is 52.9 cm³/mol. The van der Waals surface area contributed by atoms with Crippen molar-refractivity contribution in [2.45, 2.75) is 0 Å². The standard InChI is InChI=1S/C8H6N2O7/c11-7(12)4-17-6-3-1-2-5(9(13)14)8(6)10(15)16/h1-3H,4H2,(H,11,12). The third-order valence-electron chi connectivity index (χ3n) is 1.71. The van der Waals surface area contributed by atoms with Gasteiger partial charge in [0.15, 0.2) is 6.61 Å². The van der Waals surface area contributed by atoms with Gasteiger partial charge in [-0.2, -0.15) is 0 Å². The summed E-state index contributed by atoms with van der Waals surface area (Å²) in [5.41, 5.74) is -1.61. The molecule has 0 heterocycles. The summed E-state index contributed by atoms with van der Waals surface area (Å²) in [5.74, 6) is -1.79. The molecule has 0 saturated carbocycles. The van der Waals surface area contributed by atoms with E-state index >= 15 is 0 Å². The van der Waals surface area contributed by atoms with E-state index < -0.39 is 39.5 Å². The van der Waals surface area contributed by atoms with E-state index in [-0.39, 0.29) is 0 Å². The molecule has 0 atom stereocenters. The molecular formula is C8H6N2O7. The van der Waals surface area contributed by atoms with Gasteiger partial charge < -0.3 is 9.84 Å².